The predicted octanol–water partition coefficient (Wildman–Crippen LogP) is 0.804. The van der Waals surface area contributed by atoms with Crippen molar-refractivity contribution in [1.82, 2.24) is 25.1 Å². The zero-order valence-electron chi connectivity index (χ0n) is 19.4. The molecule has 0 aromatic carbocycles. The molecule has 0 bridgehead atoms. The van der Waals surface area contributed by atoms with E-state index in [9.17, 15) is 27.9 Å². The molecule has 14 heteroatoms. The van der Waals surface area contributed by atoms with Crippen molar-refractivity contribution in [1.29, 1.82) is 0 Å². The summed E-state index contributed by atoms with van der Waals surface area (Å²) in [5.74, 6) is 0.0742. The van der Waals surface area contributed by atoms with E-state index >= 15 is 0 Å². The molecule has 1 fully saturated rings. The Morgan fingerprint density at radius 3 is 2.49 bits per heavy atom. The smallest absolute Gasteiger partial charge is 0.391 e. The molecule has 0 aliphatic carbocycles. The van der Waals surface area contributed by atoms with Gasteiger partial charge >= 0.3 is 6.18 Å². The van der Waals surface area contributed by atoms with Crippen molar-refractivity contribution >= 4 is 17.5 Å². The minimum Gasteiger partial charge on any atom is -0.391 e. The minimum absolute atomic E-state index is 0.107. The van der Waals surface area contributed by atoms with Gasteiger partial charge in [0.1, 0.15) is 0 Å². The average Bonchev–Trinajstić information content (AvgIpc) is 2.83. The van der Waals surface area contributed by atoms with Gasteiger partial charge in [0.2, 0.25) is 11.9 Å². The lowest BCUT2D eigenvalue weighted by Crippen LogP contribution is -2.49. The Morgan fingerprint density at radius 1 is 1.23 bits per heavy atom. The molecule has 35 heavy (non-hydrogen) atoms. The molecule has 1 aliphatic heterocycles. The van der Waals surface area contributed by atoms with E-state index in [1.807, 2.05) is 0 Å². The Morgan fingerprint density at radius 2 is 1.89 bits per heavy atom. The van der Waals surface area contributed by atoms with Crippen molar-refractivity contribution < 1.29 is 27.8 Å². The van der Waals surface area contributed by atoms with E-state index in [4.69, 9.17) is 4.74 Å². The van der Waals surface area contributed by atoms with E-state index in [0.29, 0.717) is 37.4 Å². The van der Waals surface area contributed by atoms with Crippen LogP contribution < -0.4 is 15.8 Å². The van der Waals surface area contributed by atoms with Gasteiger partial charge < -0.3 is 25.0 Å². The fourth-order valence-corrected chi connectivity index (χ4v) is 3.42. The van der Waals surface area contributed by atoms with E-state index in [1.165, 1.54) is 6.20 Å². The number of anilines is 2. The van der Waals surface area contributed by atoms with Crippen LogP contribution in [0, 0.1) is 6.92 Å². The lowest BCUT2D eigenvalue weighted by molar-refractivity contribution is -0.138. The summed E-state index contributed by atoms with van der Waals surface area (Å²) in [5.41, 5.74) is -0.334. The summed E-state index contributed by atoms with van der Waals surface area (Å²) in [6.45, 7) is 5.03. The van der Waals surface area contributed by atoms with Gasteiger partial charge in [-0.2, -0.15) is 18.3 Å². The highest BCUT2D eigenvalue weighted by atomic mass is 19.4. The van der Waals surface area contributed by atoms with Crippen LogP contribution in [0.2, 0.25) is 0 Å². The van der Waals surface area contributed by atoms with E-state index in [1.54, 1.807) is 23.6 Å². The number of hydrogen-bond acceptors (Lipinski definition) is 9. The molecule has 1 amide bonds. The molecule has 3 heterocycles. The molecule has 0 spiro atoms. The van der Waals surface area contributed by atoms with Crippen LogP contribution in [0.4, 0.5) is 24.8 Å². The van der Waals surface area contributed by atoms with Crippen molar-refractivity contribution in [2.75, 3.05) is 49.6 Å². The number of carbonyl (C=O) groups excluding carboxylic acids is 1. The van der Waals surface area contributed by atoms with Gasteiger partial charge in [-0.1, -0.05) is 0 Å². The van der Waals surface area contributed by atoms with Crippen LogP contribution in [0.15, 0.2) is 23.4 Å². The summed E-state index contributed by atoms with van der Waals surface area (Å²) in [4.78, 5) is 35.2. The van der Waals surface area contributed by atoms with Crippen LogP contribution in [0.3, 0.4) is 0 Å². The summed E-state index contributed by atoms with van der Waals surface area (Å²) in [7, 11) is 0. The normalized spacial score (nSPS) is 16.2. The van der Waals surface area contributed by atoms with Gasteiger partial charge in [-0.05, 0) is 13.8 Å². The predicted molar refractivity (Wildman–Crippen MR) is 120 cm³/mol. The standard InChI is InChI=1S/C21H28F3N7O4/c1-13-16(11-27-29-19(13)34)28-17(14(2)32)12-35-8-3-18(33)30-4-6-31(7-5-30)20-25-9-15(10-26-20)21(22,23)24/h9-11,14,17,32H,3-8,12H2,1-2H3,(H2,28,29,34)/t14-,17+/m0/s1. The average molecular weight is 499 g/mol. The van der Waals surface area contributed by atoms with Crippen LogP contribution in [-0.2, 0) is 15.7 Å². The highest BCUT2D eigenvalue weighted by molar-refractivity contribution is 5.76. The molecule has 192 valence electrons. The van der Waals surface area contributed by atoms with Crippen molar-refractivity contribution in [3.63, 3.8) is 0 Å². The summed E-state index contributed by atoms with van der Waals surface area (Å²) in [6.07, 6.45) is -2.20. The maximum Gasteiger partial charge on any atom is 0.419 e. The van der Waals surface area contributed by atoms with Gasteiger partial charge in [0, 0.05) is 44.1 Å². The fourth-order valence-electron chi connectivity index (χ4n) is 3.42. The summed E-state index contributed by atoms with van der Waals surface area (Å²) < 4.78 is 43.6. The fraction of sp³-hybridized carbons (Fsp3) is 0.571. The highest BCUT2D eigenvalue weighted by Crippen LogP contribution is 2.28. The molecule has 3 N–H and O–H groups in total. The number of aromatic nitrogens is 4. The maximum atomic E-state index is 12.7. The molecular weight excluding hydrogens is 471 g/mol. The van der Waals surface area contributed by atoms with Crippen LogP contribution in [0.1, 0.15) is 24.5 Å². The molecule has 1 saturated heterocycles. The Balaban J connectivity index is 1.41. The summed E-state index contributed by atoms with van der Waals surface area (Å²) in [6, 6.07) is -0.514. The van der Waals surface area contributed by atoms with Crippen molar-refractivity contribution in [3.05, 3.63) is 40.1 Å². The van der Waals surface area contributed by atoms with E-state index in [0.717, 1.165) is 12.4 Å². The van der Waals surface area contributed by atoms with E-state index in [2.05, 4.69) is 25.5 Å². The number of nitrogens with zero attached hydrogens (tertiary/aromatic N) is 5. The Kier molecular flexibility index (Phi) is 8.62. The second-order valence-corrected chi connectivity index (χ2v) is 8.19. The molecule has 11 nitrogen and oxygen atoms in total. The van der Waals surface area contributed by atoms with Gasteiger partial charge in [0.25, 0.3) is 5.56 Å². The second kappa shape index (κ2) is 11.4. The third-order valence-electron chi connectivity index (χ3n) is 5.67. The van der Waals surface area contributed by atoms with E-state index < -0.39 is 23.9 Å². The van der Waals surface area contributed by atoms with Crippen LogP contribution in [0.25, 0.3) is 0 Å². The number of H-pyrrole nitrogens is 1. The number of amides is 1. The third-order valence-corrected chi connectivity index (χ3v) is 5.67. The molecule has 1 aliphatic rings. The molecule has 0 unspecified atom stereocenters. The number of aromatic amines is 1. The number of carbonyl (C=O) groups is 1. The van der Waals surface area contributed by atoms with Gasteiger partial charge in [-0.15, -0.1) is 0 Å². The van der Waals surface area contributed by atoms with Crippen molar-refractivity contribution in [3.8, 4) is 0 Å². The van der Waals surface area contributed by atoms with Crippen LogP contribution in [0.5, 0.6) is 0 Å². The van der Waals surface area contributed by atoms with Gasteiger partial charge in [-0.3, -0.25) is 9.59 Å². The number of rotatable bonds is 9. The van der Waals surface area contributed by atoms with Crippen LogP contribution >= 0.6 is 0 Å². The number of piperazine rings is 1. The largest absolute Gasteiger partial charge is 0.419 e. The first kappa shape index (κ1) is 26.3. The van der Waals surface area contributed by atoms with Crippen molar-refractivity contribution in [2.24, 2.45) is 0 Å². The van der Waals surface area contributed by atoms with Gasteiger partial charge in [0.15, 0.2) is 0 Å². The second-order valence-electron chi connectivity index (χ2n) is 8.19. The highest BCUT2D eigenvalue weighted by Gasteiger charge is 2.32. The Bertz CT molecular complexity index is 1040. The first-order chi connectivity index (χ1) is 16.6. The molecular formula is C21H28F3N7O4. The Labute approximate surface area is 199 Å². The lowest BCUT2D eigenvalue weighted by Gasteiger charge is -2.34. The third kappa shape index (κ3) is 7.11. The summed E-state index contributed by atoms with van der Waals surface area (Å²) >= 11 is 0. The maximum absolute atomic E-state index is 12.7. The quantitative estimate of drug-likeness (QED) is 0.428. The van der Waals surface area contributed by atoms with E-state index in [-0.39, 0.29) is 37.0 Å². The number of nitrogens with one attached hydrogen (secondary N) is 2. The molecule has 0 radical (unpaired) electrons. The zero-order chi connectivity index (χ0) is 25.6. The minimum atomic E-state index is -4.49. The zero-order valence-corrected chi connectivity index (χ0v) is 19.4. The first-order valence-electron chi connectivity index (χ1n) is 11.0. The van der Waals surface area contributed by atoms with Gasteiger partial charge in [-0.25, -0.2) is 15.1 Å². The molecule has 0 saturated carbocycles. The first-order valence-corrected chi connectivity index (χ1v) is 11.0. The Hall–Kier alpha value is -3.26. The molecule has 3 rings (SSSR count). The monoisotopic (exact) mass is 499 g/mol. The van der Waals surface area contributed by atoms with Gasteiger partial charge in [0.05, 0.1) is 49.2 Å². The number of aliphatic hydroxyl groups is 1. The number of halogens is 3. The molecule has 2 atom stereocenters. The SMILES string of the molecule is Cc1c(N[C@H](COCCC(=O)N2CCN(c3ncc(C(F)(F)F)cn3)CC2)[C@H](C)O)cn[nH]c1=O. The van der Waals surface area contributed by atoms with Crippen LogP contribution in [-0.4, -0.2) is 87.6 Å². The number of alkyl halides is 3. The molecule has 2 aromatic rings. The lowest BCUT2D eigenvalue weighted by atomic mass is 10.1. The van der Waals surface area contributed by atoms with Crippen molar-refractivity contribution in [2.45, 2.75) is 38.6 Å². The topological polar surface area (TPSA) is 137 Å². The summed E-state index contributed by atoms with van der Waals surface area (Å²) in [5, 5.41) is 19.1. The number of ether oxygens (including phenoxy) is 1. The number of aliphatic hydroxyl groups excluding tert-OH is 1. The molecule has 2 aromatic heterocycles. The number of hydrogen-bond donors (Lipinski definition) is 3.